The van der Waals surface area contributed by atoms with Crippen LogP contribution in [0.1, 0.15) is 18.6 Å². The van der Waals surface area contributed by atoms with Gasteiger partial charge in [0.1, 0.15) is 18.5 Å². The lowest BCUT2D eigenvalue weighted by Crippen LogP contribution is -2.52. The van der Waals surface area contributed by atoms with Gasteiger partial charge in [0.25, 0.3) is 0 Å². The van der Waals surface area contributed by atoms with Crippen LogP contribution in [-0.2, 0) is 4.74 Å². The highest BCUT2D eigenvalue weighted by Crippen LogP contribution is 2.29. The Kier molecular flexibility index (Phi) is 6.46. The molecule has 1 aromatic carbocycles. The van der Waals surface area contributed by atoms with Gasteiger partial charge in [-0.25, -0.2) is 4.79 Å². The van der Waals surface area contributed by atoms with Gasteiger partial charge < -0.3 is 19.7 Å². The number of hydrogen-bond donors (Lipinski definition) is 1. The van der Waals surface area contributed by atoms with Crippen molar-refractivity contribution in [2.24, 2.45) is 0 Å². The maximum Gasteiger partial charge on any atom is 0.317 e. The van der Waals surface area contributed by atoms with Crippen molar-refractivity contribution in [2.45, 2.75) is 19.1 Å². The Morgan fingerprint density at radius 3 is 2.92 bits per heavy atom. The number of nitrogens with zero attached hydrogens (tertiary/aromatic N) is 2. The van der Waals surface area contributed by atoms with Crippen LogP contribution in [0.2, 0.25) is 0 Å². The standard InChI is InChI=1S/C19H22BrN3O3/c1-14-18(15-4-6-16(20)7-5-15)26-12-10-23(14)19(24)22-9-11-25-17-3-2-8-21-13-17/h2-8,13-14,18H,9-12H2,1H3,(H,22,24)/t14-,18+/m1/s1. The molecule has 0 aliphatic carbocycles. The van der Waals surface area contributed by atoms with E-state index in [4.69, 9.17) is 9.47 Å². The number of pyridine rings is 1. The number of urea groups is 1. The summed E-state index contributed by atoms with van der Waals surface area (Å²) in [4.78, 5) is 18.3. The lowest BCUT2D eigenvalue weighted by Gasteiger charge is -2.39. The monoisotopic (exact) mass is 419 g/mol. The van der Waals surface area contributed by atoms with Gasteiger partial charge >= 0.3 is 6.03 Å². The number of benzene rings is 1. The molecule has 0 unspecified atom stereocenters. The summed E-state index contributed by atoms with van der Waals surface area (Å²) in [6.45, 7) is 3.93. The molecule has 26 heavy (non-hydrogen) atoms. The van der Waals surface area contributed by atoms with Crippen molar-refractivity contribution in [3.8, 4) is 5.75 Å². The van der Waals surface area contributed by atoms with Gasteiger partial charge in [-0.1, -0.05) is 28.1 Å². The average Bonchev–Trinajstić information content (AvgIpc) is 2.67. The highest BCUT2D eigenvalue weighted by Gasteiger charge is 2.32. The number of carbonyl (C=O) groups is 1. The zero-order valence-electron chi connectivity index (χ0n) is 14.6. The molecule has 0 spiro atoms. The minimum atomic E-state index is -0.130. The minimum absolute atomic E-state index is 0.0517. The molecule has 1 aromatic heterocycles. The van der Waals surface area contributed by atoms with Crippen LogP contribution in [0.3, 0.4) is 0 Å². The van der Waals surface area contributed by atoms with Crippen LogP contribution < -0.4 is 10.1 Å². The Morgan fingerprint density at radius 2 is 2.19 bits per heavy atom. The lowest BCUT2D eigenvalue weighted by molar-refractivity contribution is -0.0498. The van der Waals surface area contributed by atoms with Gasteiger partial charge in [-0.05, 0) is 36.8 Å². The Labute approximate surface area is 161 Å². The summed E-state index contributed by atoms with van der Waals surface area (Å²) in [5, 5.41) is 2.91. The van der Waals surface area contributed by atoms with Crippen LogP contribution in [0.15, 0.2) is 53.3 Å². The molecule has 1 N–H and O–H groups in total. The van der Waals surface area contributed by atoms with Crippen LogP contribution in [0.25, 0.3) is 0 Å². The van der Waals surface area contributed by atoms with E-state index in [1.54, 1.807) is 12.4 Å². The first-order valence-corrected chi connectivity index (χ1v) is 9.39. The second-order valence-corrected chi connectivity index (χ2v) is 6.96. The third-order valence-electron chi connectivity index (χ3n) is 4.30. The maximum atomic E-state index is 12.5. The molecule has 6 nitrogen and oxygen atoms in total. The fraction of sp³-hybridized carbons (Fsp3) is 0.368. The Hall–Kier alpha value is -2.12. The molecular weight excluding hydrogens is 398 g/mol. The second kappa shape index (κ2) is 9.00. The van der Waals surface area contributed by atoms with Gasteiger partial charge in [0, 0.05) is 17.2 Å². The molecule has 0 radical (unpaired) electrons. The predicted octanol–water partition coefficient (Wildman–Crippen LogP) is 3.39. The van der Waals surface area contributed by atoms with E-state index in [9.17, 15) is 4.79 Å². The molecule has 1 aliphatic rings. The number of morpholine rings is 1. The fourth-order valence-corrected chi connectivity index (χ4v) is 3.22. The zero-order chi connectivity index (χ0) is 18.4. The van der Waals surface area contributed by atoms with Crippen molar-refractivity contribution >= 4 is 22.0 Å². The summed E-state index contributed by atoms with van der Waals surface area (Å²) in [5.41, 5.74) is 1.07. The molecule has 2 atom stereocenters. The van der Waals surface area contributed by atoms with E-state index >= 15 is 0 Å². The Morgan fingerprint density at radius 1 is 1.38 bits per heavy atom. The molecule has 7 heteroatoms. The van der Waals surface area contributed by atoms with E-state index in [-0.39, 0.29) is 18.2 Å². The lowest BCUT2D eigenvalue weighted by atomic mass is 10.0. The van der Waals surface area contributed by atoms with Crippen LogP contribution in [0.4, 0.5) is 4.79 Å². The van der Waals surface area contributed by atoms with Gasteiger partial charge in [-0.15, -0.1) is 0 Å². The van der Waals surface area contributed by atoms with Crippen LogP contribution in [-0.4, -0.2) is 48.3 Å². The van der Waals surface area contributed by atoms with Crippen molar-refractivity contribution in [3.05, 3.63) is 58.8 Å². The van der Waals surface area contributed by atoms with E-state index < -0.39 is 0 Å². The van der Waals surface area contributed by atoms with E-state index in [0.29, 0.717) is 32.1 Å². The van der Waals surface area contributed by atoms with Gasteiger partial charge in [-0.3, -0.25) is 4.98 Å². The molecule has 0 bridgehead atoms. The van der Waals surface area contributed by atoms with Gasteiger partial charge in [0.15, 0.2) is 0 Å². The summed E-state index contributed by atoms with van der Waals surface area (Å²) in [5.74, 6) is 0.691. The van der Waals surface area contributed by atoms with Crippen LogP contribution >= 0.6 is 15.9 Å². The third kappa shape index (κ3) is 4.74. The molecule has 1 saturated heterocycles. The van der Waals surface area contributed by atoms with E-state index in [0.717, 1.165) is 10.0 Å². The van der Waals surface area contributed by atoms with Gasteiger partial charge in [0.05, 0.1) is 25.4 Å². The Balaban J connectivity index is 1.51. The number of carbonyl (C=O) groups excluding carboxylic acids is 1. The molecule has 2 aromatic rings. The molecule has 2 amide bonds. The SMILES string of the molecule is C[C@@H]1[C@@H](c2ccc(Br)cc2)OCCN1C(=O)NCCOc1cccnc1. The predicted molar refractivity (Wildman–Crippen MR) is 102 cm³/mol. The second-order valence-electron chi connectivity index (χ2n) is 6.05. The zero-order valence-corrected chi connectivity index (χ0v) is 16.2. The number of ether oxygens (including phenoxy) is 2. The van der Waals surface area contributed by atoms with Crippen LogP contribution in [0.5, 0.6) is 5.75 Å². The average molecular weight is 420 g/mol. The topological polar surface area (TPSA) is 63.7 Å². The van der Waals surface area contributed by atoms with Gasteiger partial charge in [-0.2, -0.15) is 0 Å². The summed E-state index contributed by atoms with van der Waals surface area (Å²) < 4.78 is 12.5. The molecule has 0 saturated carbocycles. The first-order valence-electron chi connectivity index (χ1n) is 8.59. The number of nitrogens with one attached hydrogen (secondary N) is 1. The number of halogens is 1. The number of aromatic nitrogens is 1. The quantitative estimate of drug-likeness (QED) is 0.754. The van der Waals surface area contributed by atoms with Crippen molar-refractivity contribution in [1.29, 1.82) is 0 Å². The van der Waals surface area contributed by atoms with Crippen molar-refractivity contribution in [2.75, 3.05) is 26.3 Å². The summed E-state index contributed by atoms with van der Waals surface area (Å²) >= 11 is 3.44. The number of amides is 2. The van der Waals surface area contributed by atoms with E-state index in [2.05, 4.69) is 26.2 Å². The molecule has 1 fully saturated rings. The minimum Gasteiger partial charge on any atom is -0.490 e. The van der Waals surface area contributed by atoms with Gasteiger partial charge in [0.2, 0.25) is 0 Å². The Bertz CT molecular complexity index is 712. The molecule has 1 aliphatic heterocycles. The van der Waals surface area contributed by atoms with Crippen LogP contribution in [0, 0.1) is 0 Å². The van der Waals surface area contributed by atoms with Crippen molar-refractivity contribution in [3.63, 3.8) is 0 Å². The van der Waals surface area contributed by atoms with E-state index in [1.165, 1.54) is 0 Å². The summed E-state index contributed by atoms with van der Waals surface area (Å²) in [6, 6.07) is 11.5. The molecular formula is C19H22BrN3O3. The first-order chi connectivity index (χ1) is 12.6. The van der Waals surface area contributed by atoms with Crippen molar-refractivity contribution < 1.29 is 14.3 Å². The van der Waals surface area contributed by atoms with Crippen molar-refractivity contribution in [1.82, 2.24) is 15.2 Å². The normalized spacial score (nSPS) is 19.8. The summed E-state index contributed by atoms with van der Waals surface area (Å²) in [6.07, 6.45) is 3.21. The first kappa shape index (κ1) is 18.7. The molecule has 138 valence electrons. The third-order valence-corrected chi connectivity index (χ3v) is 4.83. The summed E-state index contributed by atoms with van der Waals surface area (Å²) in [7, 11) is 0. The number of rotatable bonds is 5. The maximum absolute atomic E-state index is 12.5. The highest BCUT2D eigenvalue weighted by atomic mass is 79.9. The highest BCUT2D eigenvalue weighted by molar-refractivity contribution is 9.10. The number of hydrogen-bond acceptors (Lipinski definition) is 4. The fourth-order valence-electron chi connectivity index (χ4n) is 2.96. The molecule has 2 heterocycles. The molecule has 3 rings (SSSR count). The smallest absolute Gasteiger partial charge is 0.317 e. The van der Waals surface area contributed by atoms with E-state index in [1.807, 2.05) is 48.2 Å². The largest absolute Gasteiger partial charge is 0.490 e.